The molecule has 0 aliphatic heterocycles. The minimum absolute atomic E-state index is 1.06. The molecule has 1 aromatic heterocycles. The Hall–Kier alpha value is -2.19. The third-order valence-electron chi connectivity index (χ3n) is 4.05. The molecule has 1 heterocycles. The summed E-state index contributed by atoms with van der Waals surface area (Å²) in [5.41, 5.74) is 2.24. The molecule has 0 saturated carbocycles. The highest BCUT2D eigenvalue weighted by molar-refractivity contribution is 7.00. The van der Waals surface area contributed by atoms with Crippen LogP contribution in [0.4, 0.5) is 0 Å². The highest BCUT2D eigenvalue weighted by Gasteiger charge is 2.26. The molecule has 0 radical (unpaired) electrons. The second-order valence-corrected chi connectivity index (χ2v) is 10.2. The first kappa shape index (κ1) is 13.8. The van der Waals surface area contributed by atoms with Gasteiger partial charge in [0.25, 0.3) is 0 Å². The first-order chi connectivity index (χ1) is 10.2. The van der Waals surface area contributed by atoms with Crippen molar-refractivity contribution in [1.82, 2.24) is 4.98 Å². The summed E-state index contributed by atoms with van der Waals surface area (Å²) >= 11 is 0. The topological polar surface area (TPSA) is 12.9 Å². The SMILES string of the molecule is C[Si](C)(c1ccccc1)c1ccnc(-c2ccccc2)c1. The fourth-order valence-electron chi connectivity index (χ4n) is 2.61. The van der Waals surface area contributed by atoms with Crippen molar-refractivity contribution in [2.24, 2.45) is 0 Å². The Morgan fingerprint density at radius 3 is 2.00 bits per heavy atom. The quantitative estimate of drug-likeness (QED) is 0.672. The van der Waals surface area contributed by atoms with E-state index < -0.39 is 8.07 Å². The van der Waals surface area contributed by atoms with Gasteiger partial charge in [0.05, 0.1) is 5.69 Å². The number of benzene rings is 2. The van der Waals surface area contributed by atoms with Crippen molar-refractivity contribution in [3.05, 3.63) is 79.0 Å². The summed E-state index contributed by atoms with van der Waals surface area (Å²) in [6, 6.07) is 25.6. The minimum atomic E-state index is -1.66. The summed E-state index contributed by atoms with van der Waals surface area (Å²) in [6.07, 6.45) is 1.94. The third kappa shape index (κ3) is 2.81. The number of hydrogen-bond donors (Lipinski definition) is 0. The van der Waals surface area contributed by atoms with Crippen LogP contribution >= 0.6 is 0 Å². The zero-order valence-corrected chi connectivity index (χ0v) is 13.5. The molecule has 21 heavy (non-hydrogen) atoms. The molecule has 104 valence electrons. The molecule has 3 rings (SSSR count). The molecule has 0 aliphatic carbocycles. The summed E-state index contributed by atoms with van der Waals surface area (Å²) < 4.78 is 0. The summed E-state index contributed by atoms with van der Waals surface area (Å²) in [5.74, 6) is 0. The summed E-state index contributed by atoms with van der Waals surface area (Å²) in [5, 5.41) is 2.87. The fourth-order valence-corrected chi connectivity index (χ4v) is 4.96. The van der Waals surface area contributed by atoms with Crippen molar-refractivity contribution < 1.29 is 0 Å². The maximum atomic E-state index is 4.54. The summed E-state index contributed by atoms with van der Waals surface area (Å²) in [4.78, 5) is 4.54. The predicted molar refractivity (Wildman–Crippen MR) is 92.9 cm³/mol. The van der Waals surface area contributed by atoms with E-state index in [1.54, 1.807) is 0 Å². The Bertz CT molecular complexity index is 721. The van der Waals surface area contributed by atoms with Gasteiger partial charge < -0.3 is 0 Å². The lowest BCUT2D eigenvalue weighted by molar-refractivity contribution is 1.33. The molecule has 2 aromatic carbocycles. The monoisotopic (exact) mass is 289 g/mol. The van der Waals surface area contributed by atoms with Gasteiger partial charge in [-0.15, -0.1) is 0 Å². The van der Waals surface area contributed by atoms with Crippen LogP contribution in [0, 0.1) is 0 Å². The lowest BCUT2D eigenvalue weighted by Crippen LogP contribution is -2.52. The molecule has 0 unspecified atom stereocenters. The molecule has 0 fully saturated rings. The van der Waals surface area contributed by atoms with Crippen LogP contribution < -0.4 is 10.4 Å². The average molecular weight is 289 g/mol. The number of pyridine rings is 1. The Morgan fingerprint density at radius 1 is 0.714 bits per heavy atom. The standard InChI is InChI=1S/C19H19NSi/c1-21(2,17-11-7-4-8-12-17)18-13-14-20-19(15-18)16-9-5-3-6-10-16/h3-15H,1-2H3. The Balaban J connectivity index is 2.04. The van der Waals surface area contributed by atoms with Gasteiger partial charge in [0.2, 0.25) is 0 Å². The van der Waals surface area contributed by atoms with Gasteiger partial charge in [0.1, 0.15) is 8.07 Å². The van der Waals surface area contributed by atoms with Gasteiger partial charge >= 0.3 is 0 Å². The van der Waals surface area contributed by atoms with Gasteiger partial charge in [-0.1, -0.05) is 84.1 Å². The van der Waals surface area contributed by atoms with Crippen LogP contribution in [0.25, 0.3) is 11.3 Å². The smallest absolute Gasteiger partial charge is 0.112 e. The molecular weight excluding hydrogens is 270 g/mol. The van der Waals surface area contributed by atoms with E-state index in [-0.39, 0.29) is 0 Å². The van der Waals surface area contributed by atoms with Crippen LogP contribution in [0.2, 0.25) is 13.1 Å². The van der Waals surface area contributed by atoms with Crippen LogP contribution in [0.5, 0.6) is 0 Å². The van der Waals surface area contributed by atoms with Gasteiger partial charge in [0, 0.05) is 11.8 Å². The van der Waals surface area contributed by atoms with Gasteiger partial charge in [-0.2, -0.15) is 0 Å². The summed E-state index contributed by atoms with van der Waals surface area (Å²) in [6.45, 7) is 4.79. The first-order valence-corrected chi connectivity index (χ1v) is 10.3. The molecular formula is C19H19NSi. The van der Waals surface area contributed by atoms with E-state index in [9.17, 15) is 0 Å². The Kier molecular flexibility index (Phi) is 3.71. The minimum Gasteiger partial charge on any atom is -0.256 e. The highest BCUT2D eigenvalue weighted by Crippen LogP contribution is 2.16. The van der Waals surface area contributed by atoms with Crippen LogP contribution in [-0.2, 0) is 0 Å². The van der Waals surface area contributed by atoms with Crippen molar-refractivity contribution in [2.45, 2.75) is 13.1 Å². The third-order valence-corrected chi connectivity index (χ3v) is 7.58. The van der Waals surface area contributed by atoms with E-state index in [1.165, 1.54) is 15.9 Å². The average Bonchev–Trinajstić information content (AvgIpc) is 2.57. The molecule has 0 aliphatic rings. The van der Waals surface area contributed by atoms with Gasteiger partial charge in [-0.25, -0.2) is 0 Å². The van der Waals surface area contributed by atoms with Crippen LogP contribution in [-0.4, -0.2) is 13.1 Å². The second-order valence-electron chi connectivity index (χ2n) is 5.79. The van der Waals surface area contributed by atoms with Crippen molar-refractivity contribution in [3.8, 4) is 11.3 Å². The van der Waals surface area contributed by atoms with Crippen LogP contribution in [0.1, 0.15) is 0 Å². The van der Waals surface area contributed by atoms with Crippen molar-refractivity contribution in [3.63, 3.8) is 0 Å². The molecule has 1 nitrogen and oxygen atoms in total. The fraction of sp³-hybridized carbons (Fsp3) is 0.105. The van der Waals surface area contributed by atoms with Crippen molar-refractivity contribution >= 4 is 18.4 Å². The molecule has 3 aromatic rings. The zero-order valence-electron chi connectivity index (χ0n) is 12.5. The first-order valence-electron chi connectivity index (χ1n) is 7.25. The van der Waals surface area contributed by atoms with Crippen LogP contribution in [0.15, 0.2) is 79.0 Å². The van der Waals surface area contributed by atoms with Crippen LogP contribution in [0.3, 0.4) is 0 Å². The molecule has 0 amide bonds. The van der Waals surface area contributed by atoms with E-state index in [4.69, 9.17) is 0 Å². The highest BCUT2D eigenvalue weighted by atomic mass is 28.3. The number of hydrogen-bond acceptors (Lipinski definition) is 1. The molecule has 0 bridgehead atoms. The van der Waals surface area contributed by atoms with Crippen molar-refractivity contribution in [2.75, 3.05) is 0 Å². The van der Waals surface area contributed by atoms with Gasteiger partial charge in [-0.3, -0.25) is 4.98 Å². The Morgan fingerprint density at radius 2 is 1.33 bits per heavy atom. The van der Waals surface area contributed by atoms with Gasteiger partial charge in [-0.05, 0) is 12.1 Å². The zero-order chi connectivity index (χ0) is 14.7. The normalized spacial score (nSPS) is 11.3. The van der Waals surface area contributed by atoms with Gasteiger partial charge in [0.15, 0.2) is 0 Å². The van der Waals surface area contributed by atoms with E-state index in [0.29, 0.717) is 0 Å². The maximum absolute atomic E-state index is 4.54. The second kappa shape index (κ2) is 5.66. The van der Waals surface area contributed by atoms with Crippen molar-refractivity contribution in [1.29, 1.82) is 0 Å². The molecule has 0 spiro atoms. The summed E-state index contributed by atoms with van der Waals surface area (Å²) in [7, 11) is -1.66. The molecule has 0 saturated heterocycles. The molecule has 0 atom stereocenters. The lowest BCUT2D eigenvalue weighted by atomic mass is 10.1. The van der Waals surface area contributed by atoms with E-state index in [2.05, 4.69) is 84.8 Å². The molecule has 0 N–H and O–H groups in total. The van der Waals surface area contributed by atoms with E-state index >= 15 is 0 Å². The largest absolute Gasteiger partial charge is 0.256 e. The molecule has 2 heteroatoms. The number of aromatic nitrogens is 1. The Labute approximate surface area is 127 Å². The van der Waals surface area contributed by atoms with E-state index in [1.807, 2.05) is 12.3 Å². The predicted octanol–water partition coefficient (Wildman–Crippen LogP) is 3.57. The number of rotatable bonds is 3. The number of nitrogens with zero attached hydrogens (tertiary/aromatic N) is 1. The lowest BCUT2D eigenvalue weighted by Gasteiger charge is -2.24. The maximum Gasteiger partial charge on any atom is 0.112 e. The van der Waals surface area contributed by atoms with E-state index in [0.717, 1.165) is 5.69 Å².